The molecule has 3 aromatic rings. The first kappa shape index (κ1) is 18.2. The first-order valence-electron chi connectivity index (χ1n) is 8.54. The molecular formula is C19H18N4O4. The number of carbonyl (C=O) groups excluding carboxylic acids is 1. The standard InChI is InChI=1S/C19H18N4O4/c1-3-12-9-10-13(4-2)15(11-12)17-18(22-27-21-17)20-19(24)14-7-5-6-8-16(14)23(25)26/h5-11H,3-4H2,1-2H3,(H,20,22,24). The minimum Gasteiger partial charge on any atom is -0.302 e. The summed E-state index contributed by atoms with van der Waals surface area (Å²) in [5.41, 5.74) is 3.01. The third kappa shape index (κ3) is 3.69. The number of benzene rings is 2. The third-order valence-electron chi connectivity index (χ3n) is 4.28. The van der Waals surface area contributed by atoms with Crippen LogP contribution in [0, 0.1) is 10.1 Å². The van der Waals surface area contributed by atoms with Crippen molar-refractivity contribution >= 4 is 17.4 Å². The monoisotopic (exact) mass is 366 g/mol. The second kappa shape index (κ2) is 7.77. The first-order chi connectivity index (χ1) is 13.0. The second-order valence-electron chi connectivity index (χ2n) is 5.89. The molecule has 0 saturated heterocycles. The van der Waals surface area contributed by atoms with Gasteiger partial charge in [0, 0.05) is 11.6 Å². The number of aromatic nitrogens is 2. The predicted octanol–water partition coefficient (Wildman–Crippen LogP) is 4.02. The number of anilines is 1. The van der Waals surface area contributed by atoms with Crippen molar-refractivity contribution in [3.8, 4) is 11.3 Å². The lowest BCUT2D eigenvalue weighted by atomic mass is 9.98. The Bertz CT molecular complexity index is 997. The van der Waals surface area contributed by atoms with E-state index in [0.29, 0.717) is 5.69 Å². The van der Waals surface area contributed by atoms with E-state index in [9.17, 15) is 14.9 Å². The molecule has 0 bridgehead atoms. The van der Waals surface area contributed by atoms with E-state index in [4.69, 9.17) is 4.63 Å². The van der Waals surface area contributed by atoms with Gasteiger partial charge in [-0.05, 0) is 46.4 Å². The van der Waals surface area contributed by atoms with E-state index >= 15 is 0 Å². The van der Waals surface area contributed by atoms with E-state index < -0.39 is 10.8 Å². The van der Waals surface area contributed by atoms with Crippen molar-refractivity contribution in [1.82, 2.24) is 10.3 Å². The normalized spacial score (nSPS) is 10.6. The highest BCUT2D eigenvalue weighted by molar-refractivity contribution is 6.07. The summed E-state index contributed by atoms with van der Waals surface area (Å²) in [6, 6.07) is 11.8. The Balaban J connectivity index is 1.98. The molecule has 27 heavy (non-hydrogen) atoms. The Morgan fingerprint density at radius 1 is 1.15 bits per heavy atom. The van der Waals surface area contributed by atoms with Gasteiger partial charge in [-0.3, -0.25) is 14.9 Å². The van der Waals surface area contributed by atoms with Crippen LogP contribution in [0.1, 0.15) is 35.3 Å². The number of hydrogen-bond donors (Lipinski definition) is 1. The van der Waals surface area contributed by atoms with E-state index in [1.165, 1.54) is 18.2 Å². The van der Waals surface area contributed by atoms with Gasteiger partial charge in [-0.15, -0.1) is 0 Å². The van der Waals surface area contributed by atoms with Crippen LogP contribution in [-0.2, 0) is 12.8 Å². The van der Waals surface area contributed by atoms with Crippen LogP contribution >= 0.6 is 0 Å². The summed E-state index contributed by atoms with van der Waals surface area (Å²) in [5, 5.41) is 21.4. The number of hydrogen-bond acceptors (Lipinski definition) is 6. The number of rotatable bonds is 6. The molecule has 0 aliphatic heterocycles. The largest absolute Gasteiger partial charge is 0.302 e. The highest BCUT2D eigenvalue weighted by Gasteiger charge is 2.23. The number of para-hydroxylation sites is 1. The van der Waals surface area contributed by atoms with Gasteiger partial charge in [-0.1, -0.05) is 38.1 Å². The molecule has 0 aliphatic rings. The summed E-state index contributed by atoms with van der Waals surface area (Å²) in [4.78, 5) is 23.1. The van der Waals surface area contributed by atoms with E-state index in [1.54, 1.807) is 6.07 Å². The van der Waals surface area contributed by atoms with Crippen LogP contribution < -0.4 is 5.32 Å². The lowest BCUT2D eigenvalue weighted by Gasteiger charge is -2.09. The molecule has 0 unspecified atom stereocenters. The molecule has 1 aromatic heterocycles. The molecule has 1 N–H and O–H groups in total. The molecule has 138 valence electrons. The zero-order valence-electron chi connectivity index (χ0n) is 14.9. The van der Waals surface area contributed by atoms with Crippen LogP contribution in [0.3, 0.4) is 0 Å². The number of nitro groups is 1. The van der Waals surface area contributed by atoms with Gasteiger partial charge < -0.3 is 5.32 Å². The fraction of sp³-hybridized carbons (Fsp3) is 0.211. The Kier molecular flexibility index (Phi) is 5.25. The van der Waals surface area contributed by atoms with Gasteiger partial charge in [0.1, 0.15) is 5.56 Å². The second-order valence-corrected chi connectivity index (χ2v) is 5.89. The Hall–Kier alpha value is -3.55. The topological polar surface area (TPSA) is 111 Å². The smallest absolute Gasteiger partial charge is 0.282 e. The molecule has 0 fully saturated rings. The van der Waals surface area contributed by atoms with Gasteiger partial charge in [-0.2, -0.15) is 0 Å². The molecule has 0 aliphatic carbocycles. The zero-order valence-corrected chi connectivity index (χ0v) is 14.9. The molecule has 2 aromatic carbocycles. The number of nitrogens with zero attached hydrogens (tertiary/aromatic N) is 3. The molecule has 0 atom stereocenters. The molecule has 0 spiro atoms. The lowest BCUT2D eigenvalue weighted by molar-refractivity contribution is -0.385. The molecule has 0 saturated carbocycles. The van der Waals surface area contributed by atoms with Crippen molar-refractivity contribution in [2.45, 2.75) is 26.7 Å². The minimum absolute atomic E-state index is 0.0607. The van der Waals surface area contributed by atoms with Crippen LogP contribution in [0.4, 0.5) is 11.5 Å². The van der Waals surface area contributed by atoms with E-state index in [1.807, 2.05) is 32.0 Å². The van der Waals surface area contributed by atoms with Gasteiger partial charge in [0.05, 0.1) is 4.92 Å². The molecule has 1 heterocycles. The van der Waals surface area contributed by atoms with Crippen molar-refractivity contribution in [3.05, 3.63) is 69.3 Å². The van der Waals surface area contributed by atoms with Crippen molar-refractivity contribution in [3.63, 3.8) is 0 Å². The number of nitro benzene ring substituents is 1. The quantitative estimate of drug-likeness (QED) is 0.521. The minimum atomic E-state index is -0.649. The van der Waals surface area contributed by atoms with Crippen LogP contribution in [0.2, 0.25) is 0 Å². The number of nitrogens with one attached hydrogen (secondary N) is 1. The van der Waals surface area contributed by atoms with Gasteiger partial charge in [0.2, 0.25) is 5.82 Å². The van der Waals surface area contributed by atoms with Crippen molar-refractivity contribution in [2.24, 2.45) is 0 Å². The van der Waals surface area contributed by atoms with Crippen LogP contribution in [0.25, 0.3) is 11.3 Å². The van der Waals surface area contributed by atoms with Gasteiger partial charge in [-0.25, -0.2) is 4.63 Å². The molecular weight excluding hydrogens is 348 g/mol. The predicted molar refractivity (Wildman–Crippen MR) is 99.5 cm³/mol. The summed E-state index contributed by atoms with van der Waals surface area (Å²) in [6.45, 7) is 4.06. The fourth-order valence-corrected chi connectivity index (χ4v) is 2.82. The summed E-state index contributed by atoms with van der Waals surface area (Å²) in [5.74, 6) is -0.523. The SMILES string of the molecule is CCc1ccc(CC)c(-c2nonc2NC(=O)c2ccccc2[N+](=O)[O-])c1. The average molecular weight is 366 g/mol. The summed E-state index contributed by atoms with van der Waals surface area (Å²) >= 11 is 0. The Labute approximate surface area is 155 Å². The van der Waals surface area contributed by atoms with Crippen LogP contribution in [0.5, 0.6) is 0 Å². The van der Waals surface area contributed by atoms with Crippen LogP contribution in [0.15, 0.2) is 47.1 Å². The van der Waals surface area contributed by atoms with Gasteiger partial charge >= 0.3 is 0 Å². The maximum Gasteiger partial charge on any atom is 0.282 e. The third-order valence-corrected chi connectivity index (χ3v) is 4.28. The van der Waals surface area contributed by atoms with E-state index in [-0.39, 0.29) is 17.1 Å². The molecule has 1 amide bonds. The van der Waals surface area contributed by atoms with Gasteiger partial charge in [0.25, 0.3) is 11.6 Å². The molecule has 0 radical (unpaired) electrons. The molecule has 8 nitrogen and oxygen atoms in total. The average Bonchev–Trinajstić information content (AvgIpc) is 3.15. The Morgan fingerprint density at radius 2 is 1.93 bits per heavy atom. The highest BCUT2D eigenvalue weighted by atomic mass is 16.6. The van der Waals surface area contributed by atoms with Crippen molar-refractivity contribution < 1.29 is 14.3 Å². The number of carbonyl (C=O) groups is 1. The van der Waals surface area contributed by atoms with E-state index in [0.717, 1.165) is 29.5 Å². The molecule has 8 heteroatoms. The summed E-state index contributed by atoms with van der Waals surface area (Å²) in [6.07, 6.45) is 1.61. The maximum atomic E-state index is 12.6. The van der Waals surface area contributed by atoms with Crippen molar-refractivity contribution in [1.29, 1.82) is 0 Å². The number of aryl methyl sites for hydroxylation is 2. The summed E-state index contributed by atoms with van der Waals surface area (Å²) in [7, 11) is 0. The zero-order chi connectivity index (χ0) is 19.4. The lowest BCUT2D eigenvalue weighted by Crippen LogP contribution is -2.14. The van der Waals surface area contributed by atoms with Crippen molar-refractivity contribution in [2.75, 3.05) is 5.32 Å². The van der Waals surface area contributed by atoms with Gasteiger partial charge in [0.15, 0.2) is 5.69 Å². The maximum absolute atomic E-state index is 12.6. The number of amides is 1. The van der Waals surface area contributed by atoms with E-state index in [2.05, 4.69) is 15.6 Å². The first-order valence-corrected chi connectivity index (χ1v) is 8.54. The van der Waals surface area contributed by atoms with Crippen LogP contribution in [-0.4, -0.2) is 21.1 Å². The summed E-state index contributed by atoms with van der Waals surface area (Å²) < 4.78 is 4.84. The highest BCUT2D eigenvalue weighted by Crippen LogP contribution is 2.30. The fourth-order valence-electron chi connectivity index (χ4n) is 2.82. The molecule has 3 rings (SSSR count). The Morgan fingerprint density at radius 3 is 2.63 bits per heavy atom.